The van der Waals surface area contributed by atoms with E-state index in [0.29, 0.717) is 0 Å². The zero-order chi connectivity index (χ0) is 9.97. The third-order valence-corrected chi connectivity index (χ3v) is 2.12. The van der Waals surface area contributed by atoms with Gasteiger partial charge in [0.2, 0.25) is 0 Å². The van der Waals surface area contributed by atoms with Crippen molar-refractivity contribution in [1.82, 2.24) is 10.2 Å². The van der Waals surface area contributed by atoms with Crippen molar-refractivity contribution in [3.05, 3.63) is 42.1 Å². The number of H-pyrrole nitrogens is 1. The number of aliphatic hydroxyl groups excluding tert-OH is 1. The first-order chi connectivity index (χ1) is 6.77. The summed E-state index contributed by atoms with van der Waals surface area (Å²) in [7, 11) is 0. The van der Waals surface area contributed by atoms with Crippen LogP contribution in [0.4, 0.5) is 0 Å². The second-order valence-electron chi connectivity index (χ2n) is 3.25. The lowest BCUT2D eigenvalue weighted by molar-refractivity contribution is 0.194. The molecule has 2 N–H and O–H groups in total. The van der Waals surface area contributed by atoms with Crippen molar-refractivity contribution in [2.75, 3.05) is 0 Å². The van der Waals surface area contributed by atoms with Gasteiger partial charge in [-0.05, 0) is 13.0 Å². The van der Waals surface area contributed by atoms with Gasteiger partial charge in [0.25, 0.3) is 0 Å². The molecule has 1 unspecified atom stereocenters. The quantitative estimate of drug-likeness (QED) is 0.758. The van der Waals surface area contributed by atoms with Gasteiger partial charge in [-0.25, -0.2) is 0 Å². The highest BCUT2D eigenvalue weighted by molar-refractivity contribution is 5.58. The van der Waals surface area contributed by atoms with Gasteiger partial charge in [-0.3, -0.25) is 5.10 Å². The maximum Gasteiger partial charge on any atom is 0.0926 e. The Balaban J connectivity index is 2.34. The van der Waals surface area contributed by atoms with E-state index in [1.165, 1.54) is 0 Å². The van der Waals surface area contributed by atoms with E-state index in [1.54, 1.807) is 6.92 Å². The Morgan fingerprint density at radius 3 is 2.57 bits per heavy atom. The molecule has 1 aromatic heterocycles. The Morgan fingerprint density at radius 1 is 1.29 bits per heavy atom. The maximum absolute atomic E-state index is 9.31. The molecule has 0 bridgehead atoms. The molecule has 14 heavy (non-hydrogen) atoms. The molecule has 0 aliphatic carbocycles. The number of nitrogens with one attached hydrogen (secondary N) is 1. The van der Waals surface area contributed by atoms with Crippen LogP contribution in [-0.2, 0) is 0 Å². The highest BCUT2D eigenvalue weighted by atomic mass is 16.3. The van der Waals surface area contributed by atoms with E-state index in [-0.39, 0.29) is 0 Å². The van der Waals surface area contributed by atoms with Gasteiger partial charge in [-0.1, -0.05) is 30.3 Å². The average Bonchev–Trinajstić information content (AvgIpc) is 2.68. The summed E-state index contributed by atoms with van der Waals surface area (Å²) < 4.78 is 0. The molecule has 0 aliphatic rings. The SMILES string of the molecule is CC(O)c1cc(-c2ccccc2)n[nH]1. The molecule has 0 amide bonds. The van der Waals surface area contributed by atoms with Gasteiger partial charge >= 0.3 is 0 Å². The van der Waals surface area contributed by atoms with Crippen molar-refractivity contribution in [3.8, 4) is 11.3 Å². The first-order valence-electron chi connectivity index (χ1n) is 4.56. The van der Waals surface area contributed by atoms with Crippen LogP contribution in [0, 0.1) is 0 Å². The van der Waals surface area contributed by atoms with Gasteiger partial charge in [0.1, 0.15) is 0 Å². The van der Waals surface area contributed by atoms with Crippen molar-refractivity contribution in [3.63, 3.8) is 0 Å². The summed E-state index contributed by atoms with van der Waals surface area (Å²) in [6, 6.07) is 11.7. The summed E-state index contributed by atoms with van der Waals surface area (Å²) in [6.07, 6.45) is -0.500. The Morgan fingerprint density at radius 2 is 2.00 bits per heavy atom. The van der Waals surface area contributed by atoms with Crippen LogP contribution in [0.25, 0.3) is 11.3 Å². The molecule has 0 radical (unpaired) electrons. The lowest BCUT2D eigenvalue weighted by Gasteiger charge is -1.96. The minimum absolute atomic E-state index is 0.500. The Labute approximate surface area is 82.4 Å². The monoisotopic (exact) mass is 188 g/mol. The van der Waals surface area contributed by atoms with Gasteiger partial charge in [0.05, 0.1) is 17.5 Å². The molecule has 1 atom stereocenters. The third-order valence-electron chi connectivity index (χ3n) is 2.12. The molecule has 1 aromatic carbocycles. The van der Waals surface area contributed by atoms with E-state index < -0.39 is 6.10 Å². The lowest BCUT2D eigenvalue weighted by Crippen LogP contribution is -1.89. The molecule has 2 aromatic rings. The second-order valence-corrected chi connectivity index (χ2v) is 3.25. The van der Waals surface area contributed by atoms with E-state index in [1.807, 2.05) is 36.4 Å². The van der Waals surface area contributed by atoms with Gasteiger partial charge in [-0.15, -0.1) is 0 Å². The predicted octanol–water partition coefficient (Wildman–Crippen LogP) is 2.13. The Bertz CT molecular complexity index is 406. The van der Waals surface area contributed by atoms with Crippen molar-refractivity contribution in [1.29, 1.82) is 0 Å². The summed E-state index contributed by atoms with van der Waals surface area (Å²) in [6.45, 7) is 1.71. The molecule has 1 heterocycles. The minimum Gasteiger partial charge on any atom is -0.387 e. The molecule has 0 saturated carbocycles. The Kier molecular flexibility index (Phi) is 2.33. The highest BCUT2D eigenvalue weighted by Crippen LogP contribution is 2.19. The van der Waals surface area contributed by atoms with Crippen LogP contribution < -0.4 is 0 Å². The minimum atomic E-state index is -0.500. The van der Waals surface area contributed by atoms with Crippen LogP contribution in [0.3, 0.4) is 0 Å². The number of benzene rings is 1. The number of hydrogen-bond acceptors (Lipinski definition) is 2. The standard InChI is InChI=1S/C11H12N2O/c1-8(14)10-7-11(13-12-10)9-5-3-2-4-6-9/h2-8,14H,1H3,(H,12,13). The van der Waals surface area contributed by atoms with Crippen molar-refractivity contribution >= 4 is 0 Å². The van der Waals surface area contributed by atoms with E-state index in [9.17, 15) is 5.11 Å². The van der Waals surface area contributed by atoms with E-state index >= 15 is 0 Å². The van der Waals surface area contributed by atoms with E-state index in [4.69, 9.17) is 0 Å². The lowest BCUT2D eigenvalue weighted by atomic mass is 10.1. The van der Waals surface area contributed by atoms with Gasteiger partial charge in [0.15, 0.2) is 0 Å². The number of rotatable bonds is 2. The normalized spacial score (nSPS) is 12.7. The average molecular weight is 188 g/mol. The van der Waals surface area contributed by atoms with Crippen LogP contribution in [0.1, 0.15) is 18.7 Å². The van der Waals surface area contributed by atoms with Crippen LogP contribution >= 0.6 is 0 Å². The van der Waals surface area contributed by atoms with E-state index in [0.717, 1.165) is 17.0 Å². The molecule has 0 spiro atoms. The number of nitrogens with zero attached hydrogens (tertiary/aromatic N) is 1. The number of aliphatic hydroxyl groups is 1. The first kappa shape index (κ1) is 8.97. The highest BCUT2D eigenvalue weighted by Gasteiger charge is 2.06. The molecular weight excluding hydrogens is 176 g/mol. The predicted molar refractivity (Wildman–Crippen MR) is 54.7 cm³/mol. The molecule has 2 rings (SSSR count). The van der Waals surface area contributed by atoms with E-state index in [2.05, 4.69) is 10.2 Å². The van der Waals surface area contributed by atoms with Crippen molar-refractivity contribution in [2.45, 2.75) is 13.0 Å². The fourth-order valence-electron chi connectivity index (χ4n) is 1.31. The maximum atomic E-state index is 9.31. The molecule has 72 valence electrons. The number of hydrogen-bond donors (Lipinski definition) is 2. The van der Waals surface area contributed by atoms with Crippen LogP contribution in [-0.4, -0.2) is 15.3 Å². The van der Waals surface area contributed by atoms with Crippen LogP contribution in [0.15, 0.2) is 36.4 Å². The first-order valence-corrected chi connectivity index (χ1v) is 4.56. The zero-order valence-electron chi connectivity index (χ0n) is 7.94. The number of aromatic nitrogens is 2. The fraction of sp³-hybridized carbons (Fsp3) is 0.182. The summed E-state index contributed by atoms with van der Waals surface area (Å²) in [4.78, 5) is 0. The third kappa shape index (κ3) is 1.67. The molecule has 3 nitrogen and oxygen atoms in total. The van der Waals surface area contributed by atoms with Gasteiger partial charge in [0, 0.05) is 5.56 Å². The second kappa shape index (κ2) is 3.64. The molecule has 0 aliphatic heterocycles. The number of aromatic amines is 1. The zero-order valence-corrected chi connectivity index (χ0v) is 7.94. The molecular formula is C11H12N2O. The van der Waals surface area contributed by atoms with Crippen molar-refractivity contribution in [2.24, 2.45) is 0 Å². The van der Waals surface area contributed by atoms with Crippen molar-refractivity contribution < 1.29 is 5.11 Å². The topological polar surface area (TPSA) is 48.9 Å². The van der Waals surface area contributed by atoms with Crippen LogP contribution in [0.5, 0.6) is 0 Å². The summed E-state index contributed by atoms with van der Waals surface area (Å²) in [5.41, 5.74) is 2.65. The summed E-state index contributed by atoms with van der Waals surface area (Å²) in [5.74, 6) is 0. The summed E-state index contributed by atoms with van der Waals surface area (Å²) in [5, 5.41) is 16.2. The summed E-state index contributed by atoms with van der Waals surface area (Å²) >= 11 is 0. The van der Waals surface area contributed by atoms with Crippen LogP contribution in [0.2, 0.25) is 0 Å². The Hall–Kier alpha value is -1.61. The molecule has 0 fully saturated rings. The fourth-order valence-corrected chi connectivity index (χ4v) is 1.31. The van der Waals surface area contributed by atoms with Gasteiger partial charge in [-0.2, -0.15) is 5.10 Å². The molecule has 0 saturated heterocycles. The molecule has 3 heteroatoms. The van der Waals surface area contributed by atoms with Gasteiger partial charge < -0.3 is 5.11 Å². The largest absolute Gasteiger partial charge is 0.387 e. The smallest absolute Gasteiger partial charge is 0.0926 e.